The molecule has 0 saturated heterocycles. The van der Waals surface area contributed by atoms with E-state index in [-0.39, 0.29) is 49.0 Å². The van der Waals surface area contributed by atoms with Gasteiger partial charge >= 0.3 is 0 Å². The third kappa shape index (κ3) is 4.27. The number of rotatable bonds is 8. The van der Waals surface area contributed by atoms with Gasteiger partial charge in [0.15, 0.2) is 11.5 Å². The van der Waals surface area contributed by atoms with E-state index in [1.165, 1.54) is 12.0 Å². The van der Waals surface area contributed by atoms with Crippen molar-refractivity contribution < 1.29 is 28.3 Å². The van der Waals surface area contributed by atoms with E-state index in [1.54, 1.807) is 56.6 Å². The molecule has 0 radical (unpaired) electrons. The molecule has 2 aromatic carbocycles. The summed E-state index contributed by atoms with van der Waals surface area (Å²) < 4.78 is 16.2. The highest BCUT2D eigenvalue weighted by Crippen LogP contribution is 2.31. The van der Waals surface area contributed by atoms with Crippen LogP contribution in [0.3, 0.4) is 0 Å². The molecule has 0 N–H and O–H groups in total. The van der Waals surface area contributed by atoms with E-state index in [2.05, 4.69) is 10.2 Å². The largest absolute Gasteiger partial charge is 0.493 e. The summed E-state index contributed by atoms with van der Waals surface area (Å²) >= 11 is 0. The number of fused-ring (bicyclic) bond motifs is 1. The van der Waals surface area contributed by atoms with E-state index in [1.807, 2.05) is 0 Å². The fraction of sp³-hybridized carbons (Fsp3) is 0.261. The third-order valence-electron chi connectivity index (χ3n) is 5.32. The summed E-state index contributed by atoms with van der Waals surface area (Å²) in [4.78, 5) is 39.9. The standard InChI is InChI=1S/C23H22N4O6/c1-26(20(28)10-11-27-22(29)15-6-4-5-7-16(15)23(27)30)13-19-24-25-21(33-19)14-8-9-17(31-2)18(12-14)32-3/h4-9,12H,10-11,13H2,1-3H3. The molecular formula is C23H22N4O6. The van der Waals surface area contributed by atoms with Gasteiger partial charge in [0, 0.05) is 25.6 Å². The van der Waals surface area contributed by atoms with Crippen LogP contribution in [-0.2, 0) is 11.3 Å². The van der Waals surface area contributed by atoms with Gasteiger partial charge in [-0.1, -0.05) is 12.1 Å². The minimum absolute atomic E-state index is 0.00372. The van der Waals surface area contributed by atoms with Crippen LogP contribution in [0.25, 0.3) is 11.5 Å². The Labute approximate surface area is 189 Å². The number of hydrogen-bond acceptors (Lipinski definition) is 8. The SMILES string of the molecule is COc1ccc(-c2nnc(CN(C)C(=O)CCN3C(=O)c4ccccc4C3=O)o2)cc1OC. The number of carbonyl (C=O) groups is 3. The molecule has 0 unspecified atom stereocenters. The molecule has 10 nitrogen and oxygen atoms in total. The molecule has 33 heavy (non-hydrogen) atoms. The third-order valence-corrected chi connectivity index (χ3v) is 5.32. The second kappa shape index (κ2) is 9.11. The molecular weight excluding hydrogens is 428 g/mol. The summed E-state index contributed by atoms with van der Waals surface area (Å²) in [7, 11) is 4.66. The number of imide groups is 1. The van der Waals surface area contributed by atoms with Gasteiger partial charge in [0.1, 0.15) is 0 Å². The summed E-state index contributed by atoms with van der Waals surface area (Å²) in [5.74, 6) is 0.580. The minimum atomic E-state index is -0.387. The minimum Gasteiger partial charge on any atom is -0.493 e. The van der Waals surface area contributed by atoms with E-state index in [4.69, 9.17) is 13.9 Å². The molecule has 3 aromatic rings. The first-order valence-electron chi connectivity index (χ1n) is 10.2. The van der Waals surface area contributed by atoms with Gasteiger partial charge in [-0.2, -0.15) is 0 Å². The van der Waals surface area contributed by atoms with E-state index in [0.717, 1.165) is 4.90 Å². The maximum atomic E-state index is 12.6. The molecule has 10 heteroatoms. The Balaban J connectivity index is 1.36. The fourth-order valence-corrected chi connectivity index (χ4v) is 3.54. The second-order valence-corrected chi connectivity index (χ2v) is 7.38. The van der Waals surface area contributed by atoms with Crippen LogP contribution in [0, 0.1) is 0 Å². The predicted octanol–water partition coefficient (Wildman–Crippen LogP) is 2.40. The molecule has 2 heterocycles. The van der Waals surface area contributed by atoms with Gasteiger partial charge in [-0.25, -0.2) is 0 Å². The normalized spacial score (nSPS) is 12.6. The van der Waals surface area contributed by atoms with Crippen molar-refractivity contribution in [3.8, 4) is 23.0 Å². The van der Waals surface area contributed by atoms with E-state index in [9.17, 15) is 14.4 Å². The van der Waals surface area contributed by atoms with E-state index < -0.39 is 0 Å². The molecule has 1 aliphatic rings. The highest BCUT2D eigenvalue weighted by atomic mass is 16.5. The van der Waals surface area contributed by atoms with Crippen molar-refractivity contribution in [2.45, 2.75) is 13.0 Å². The second-order valence-electron chi connectivity index (χ2n) is 7.38. The van der Waals surface area contributed by atoms with Crippen molar-refractivity contribution in [2.75, 3.05) is 27.8 Å². The molecule has 4 rings (SSSR count). The number of aromatic nitrogens is 2. The van der Waals surface area contributed by atoms with Crippen LogP contribution in [0.4, 0.5) is 0 Å². The van der Waals surface area contributed by atoms with Crippen LogP contribution < -0.4 is 9.47 Å². The van der Waals surface area contributed by atoms with Crippen LogP contribution in [0.5, 0.6) is 11.5 Å². The molecule has 170 valence electrons. The average Bonchev–Trinajstić information content (AvgIpc) is 3.40. The lowest BCUT2D eigenvalue weighted by atomic mass is 10.1. The van der Waals surface area contributed by atoms with Gasteiger partial charge in [0.25, 0.3) is 11.8 Å². The number of ether oxygens (including phenoxy) is 2. The monoisotopic (exact) mass is 450 g/mol. The van der Waals surface area contributed by atoms with Crippen LogP contribution in [0.2, 0.25) is 0 Å². The Morgan fingerprint density at radius 1 is 1.00 bits per heavy atom. The zero-order chi connectivity index (χ0) is 23.5. The van der Waals surface area contributed by atoms with Crippen LogP contribution in [0.1, 0.15) is 33.0 Å². The maximum absolute atomic E-state index is 12.6. The Morgan fingerprint density at radius 2 is 1.67 bits per heavy atom. The molecule has 0 atom stereocenters. The number of methoxy groups -OCH3 is 2. The Kier molecular flexibility index (Phi) is 6.07. The molecule has 0 spiro atoms. The van der Waals surface area contributed by atoms with Crippen molar-refractivity contribution in [1.82, 2.24) is 20.0 Å². The molecule has 0 aliphatic carbocycles. The van der Waals surface area contributed by atoms with Gasteiger partial charge < -0.3 is 18.8 Å². The lowest BCUT2D eigenvalue weighted by molar-refractivity contribution is -0.130. The summed E-state index contributed by atoms with van der Waals surface area (Å²) in [6.07, 6.45) is -0.0152. The summed E-state index contributed by atoms with van der Waals surface area (Å²) in [6.45, 7) is 0.0808. The first-order chi connectivity index (χ1) is 15.9. The quantitative estimate of drug-likeness (QED) is 0.481. The van der Waals surface area contributed by atoms with Crippen molar-refractivity contribution in [1.29, 1.82) is 0 Å². The molecule has 0 bridgehead atoms. The Morgan fingerprint density at radius 3 is 2.30 bits per heavy atom. The number of carbonyl (C=O) groups excluding carboxylic acids is 3. The molecule has 0 fully saturated rings. The summed E-state index contributed by atoms with van der Waals surface area (Å²) in [6, 6.07) is 11.8. The fourth-order valence-electron chi connectivity index (χ4n) is 3.54. The van der Waals surface area contributed by atoms with E-state index >= 15 is 0 Å². The Bertz CT molecular complexity index is 1190. The molecule has 0 saturated carbocycles. The van der Waals surface area contributed by atoms with Gasteiger partial charge in [-0.15, -0.1) is 10.2 Å². The number of hydrogen-bond donors (Lipinski definition) is 0. The summed E-state index contributed by atoms with van der Waals surface area (Å²) in [5, 5.41) is 8.03. The Hall–Kier alpha value is -4.21. The topological polar surface area (TPSA) is 115 Å². The van der Waals surface area contributed by atoms with Crippen LogP contribution in [-0.4, -0.2) is 65.5 Å². The van der Waals surface area contributed by atoms with Gasteiger partial charge in [-0.05, 0) is 30.3 Å². The predicted molar refractivity (Wildman–Crippen MR) is 116 cm³/mol. The molecule has 1 aliphatic heterocycles. The van der Waals surface area contributed by atoms with Crippen molar-refractivity contribution in [2.24, 2.45) is 0 Å². The van der Waals surface area contributed by atoms with Crippen LogP contribution >= 0.6 is 0 Å². The highest BCUT2D eigenvalue weighted by Gasteiger charge is 2.35. The van der Waals surface area contributed by atoms with Crippen molar-refractivity contribution in [3.63, 3.8) is 0 Å². The number of nitrogens with zero attached hydrogens (tertiary/aromatic N) is 4. The van der Waals surface area contributed by atoms with Crippen molar-refractivity contribution in [3.05, 3.63) is 59.5 Å². The first kappa shape index (κ1) is 22.0. The van der Waals surface area contributed by atoms with E-state index in [0.29, 0.717) is 28.2 Å². The average molecular weight is 450 g/mol. The zero-order valence-corrected chi connectivity index (χ0v) is 18.4. The lowest BCUT2D eigenvalue weighted by Crippen LogP contribution is -2.35. The maximum Gasteiger partial charge on any atom is 0.261 e. The zero-order valence-electron chi connectivity index (χ0n) is 18.4. The summed E-state index contributed by atoms with van der Waals surface area (Å²) in [5.41, 5.74) is 1.36. The highest BCUT2D eigenvalue weighted by molar-refractivity contribution is 6.21. The van der Waals surface area contributed by atoms with Gasteiger partial charge in [-0.3, -0.25) is 19.3 Å². The van der Waals surface area contributed by atoms with Crippen LogP contribution in [0.15, 0.2) is 46.9 Å². The molecule has 3 amide bonds. The van der Waals surface area contributed by atoms with Gasteiger partial charge in [0.05, 0.1) is 31.9 Å². The lowest BCUT2D eigenvalue weighted by Gasteiger charge is -2.18. The smallest absolute Gasteiger partial charge is 0.261 e. The molecule has 1 aromatic heterocycles. The first-order valence-corrected chi connectivity index (χ1v) is 10.2. The number of amides is 3. The van der Waals surface area contributed by atoms with Crippen molar-refractivity contribution >= 4 is 17.7 Å². The van der Waals surface area contributed by atoms with Gasteiger partial charge in [0.2, 0.25) is 17.7 Å². The number of benzene rings is 2.